The maximum absolute atomic E-state index is 5.91. The zero-order valence-electron chi connectivity index (χ0n) is 11.2. The predicted octanol–water partition coefficient (Wildman–Crippen LogP) is 3.77. The molecule has 0 saturated heterocycles. The smallest absolute Gasteiger partial charge is 0.142 e. The summed E-state index contributed by atoms with van der Waals surface area (Å²) < 4.78 is 5.75. The van der Waals surface area contributed by atoms with Crippen LogP contribution in [-0.4, -0.2) is 0 Å². The van der Waals surface area contributed by atoms with Gasteiger partial charge in [0.05, 0.1) is 5.69 Å². The molecule has 0 saturated carbocycles. The van der Waals surface area contributed by atoms with E-state index < -0.39 is 0 Å². The lowest BCUT2D eigenvalue weighted by Crippen LogP contribution is -1.99. The second-order valence-electron chi connectivity index (χ2n) is 4.75. The normalized spacial score (nSPS) is 10.4. The minimum atomic E-state index is 0.550. The van der Waals surface area contributed by atoms with Gasteiger partial charge in [0.15, 0.2) is 0 Å². The zero-order valence-corrected chi connectivity index (χ0v) is 11.2. The summed E-state index contributed by atoms with van der Waals surface area (Å²) in [6, 6.07) is 12.2. The Labute approximate surface area is 108 Å². The molecular weight excluding hydrogens is 222 g/mol. The Morgan fingerprint density at radius 2 is 1.72 bits per heavy atom. The van der Waals surface area contributed by atoms with Gasteiger partial charge in [0.1, 0.15) is 12.4 Å². The summed E-state index contributed by atoms with van der Waals surface area (Å²) in [5, 5.41) is 0. The Morgan fingerprint density at radius 1 is 0.944 bits per heavy atom. The van der Waals surface area contributed by atoms with Crippen LogP contribution in [0.4, 0.5) is 5.69 Å². The van der Waals surface area contributed by atoms with Crippen LogP contribution < -0.4 is 10.5 Å². The summed E-state index contributed by atoms with van der Waals surface area (Å²) in [7, 11) is 0. The maximum Gasteiger partial charge on any atom is 0.142 e. The first-order valence-corrected chi connectivity index (χ1v) is 6.11. The number of hydrogen-bond acceptors (Lipinski definition) is 2. The van der Waals surface area contributed by atoms with Crippen molar-refractivity contribution >= 4 is 5.69 Å². The summed E-state index contributed by atoms with van der Waals surface area (Å²) in [5.74, 6) is 0.749. The Bertz CT molecular complexity index is 561. The molecule has 2 N–H and O–H groups in total. The summed E-state index contributed by atoms with van der Waals surface area (Å²) >= 11 is 0. The SMILES string of the molecule is Cc1ccc(OCc2ccc(C)c(C)c2)c(N)c1. The average molecular weight is 241 g/mol. The molecule has 0 aliphatic heterocycles. The molecule has 2 heteroatoms. The first-order valence-electron chi connectivity index (χ1n) is 6.11. The van der Waals surface area contributed by atoms with E-state index in [2.05, 4.69) is 32.0 Å². The fraction of sp³-hybridized carbons (Fsp3) is 0.250. The minimum Gasteiger partial charge on any atom is -0.487 e. The third-order valence-corrected chi connectivity index (χ3v) is 3.13. The number of rotatable bonds is 3. The van der Waals surface area contributed by atoms with E-state index in [1.807, 2.05) is 25.1 Å². The van der Waals surface area contributed by atoms with Crippen molar-refractivity contribution in [2.24, 2.45) is 0 Å². The van der Waals surface area contributed by atoms with Gasteiger partial charge in [-0.1, -0.05) is 24.3 Å². The van der Waals surface area contributed by atoms with Gasteiger partial charge >= 0.3 is 0 Å². The van der Waals surface area contributed by atoms with E-state index in [1.54, 1.807) is 0 Å². The number of benzene rings is 2. The molecular formula is C16H19NO. The summed E-state index contributed by atoms with van der Waals surface area (Å²) in [5.41, 5.74) is 11.5. The predicted molar refractivity (Wildman–Crippen MR) is 75.8 cm³/mol. The van der Waals surface area contributed by atoms with Crippen molar-refractivity contribution in [3.63, 3.8) is 0 Å². The Hall–Kier alpha value is -1.96. The van der Waals surface area contributed by atoms with Crippen molar-refractivity contribution in [3.8, 4) is 5.75 Å². The molecule has 0 amide bonds. The number of nitrogen functional groups attached to an aromatic ring is 1. The molecule has 18 heavy (non-hydrogen) atoms. The van der Waals surface area contributed by atoms with Crippen LogP contribution in [0.3, 0.4) is 0 Å². The molecule has 0 spiro atoms. The van der Waals surface area contributed by atoms with Gasteiger partial charge in [-0.25, -0.2) is 0 Å². The third kappa shape index (κ3) is 2.83. The molecule has 2 aromatic rings. The summed E-state index contributed by atoms with van der Waals surface area (Å²) in [6.07, 6.45) is 0. The second-order valence-corrected chi connectivity index (χ2v) is 4.75. The highest BCUT2D eigenvalue weighted by atomic mass is 16.5. The number of ether oxygens (including phenoxy) is 1. The molecule has 0 aromatic heterocycles. The van der Waals surface area contributed by atoms with Crippen LogP contribution >= 0.6 is 0 Å². The Morgan fingerprint density at radius 3 is 2.39 bits per heavy atom. The zero-order chi connectivity index (χ0) is 13.1. The molecule has 2 rings (SSSR count). The molecule has 0 unspecified atom stereocenters. The van der Waals surface area contributed by atoms with Crippen molar-refractivity contribution in [3.05, 3.63) is 58.7 Å². The largest absolute Gasteiger partial charge is 0.487 e. The molecule has 0 bridgehead atoms. The number of aryl methyl sites for hydroxylation is 3. The molecule has 0 fully saturated rings. The van der Waals surface area contributed by atoms with Crippen molar-refractivity contribution in [2.45, 2.75) is 27.4 Å². The van der Waals surface area contributed by atoms with Gasteiger partial charge < -0.3 is 10.5 Å². The van der Waals surface area contributed by atoms with Gasteiger partial charge in [0.2, 0.25) is 0 Å². The molecule has 94 valence electrons. The maximum atomic E-state index is 5.91. The van der Waals surface area contributed by atoms with Crippen LogP contribution in [0.15, 0.2) is 36.4 Å². The number of anilines is 1. The molecule has 2 aromatic carbocycles. The van der Waals surface area contributed by atoms with Crippen molar-refractivity contribution in [1.29, 1.82) is 0 Å². The fourth-order valence-electron chi connectivity index (χ4n) is 1.85. The number of hydrogen-bond donors (Lipinski definition) is 1. The first kappa shape index (κ1) is 12.5. The molecule has 0 aliphatic carbocycles. The lowest BCUT2D eigenvalue weighted by molar-refractivity contribution is 0.308. The monoisotopic (exact) mass is 241 g/mol. The minimum absolute atomic E-state index is 0.550. The van der Waals surface area contributed by atoms with Crippen molar-refractivity contribution in [1.82, 2.24) is 0 Å². The van der Waals surface area contributed by atoms with E-state index in [4.69, 9.17) is 10.5 Å². The van der Waals surface area contributed by atoms with E-state index >= 15 is 0 Å². The van der Waals surface area contributed by atoms with Crippen LogP contribution in [0, 0.1) is 20.8 Å². The highest BCUT2D eigenvalue weighted by Crippen LogP contribution is 2.23. The lowest BCUT2D eigenvalue weighted by Gasteiger charge is -2.10. The molecule has 0 heterocycles. The van der Waals surface area contributed by atoms with E-state index in [0.29, 0.717) is 12.3 Å². The van der Waals surface area contributed by atoms with Gasteiger partial charge in [-0.05, 0) is 55.2 Å². The molecule has 0 atom stereocenters. The summed E-state index contributed by atoms with van der Waals surface area (Å²) in [4.78, 5) is 0. The average Bonchev–Trinajstić information content (AvgIpc) is 2.32. The van der Waals surface area contributed by atoms with E-state index in [-0.39, 0.29) is 0 Å². The summed E-state index contributed by atoms with van der Waals surface area (Å²) in [6.45, 7) is 6.79. The standard InChI is InChI=1S/C16H19NO/c1-11-4-7-16(15(17)8-11)18-10-14-6-5-12(2)13(3)9-14/h4-9H,10,17H2,1-3H3. The Kier molecular flexibility index (Phi) is 3.56. The fourth-order valence-corrected chi connectivity index (χ4v) is 1.85. The topological polar surface area (TPSA) is 35.2 Å². The van der Waals surface area contributed by atoms with Gasteiger partial charge in [-0.15, -0.1) is 0 Å². The number of nitrogens with two attached hydrogens (primary N) is 1. The first-order chi connectivity index (χ1) is 8.56. The van der Waals surface area contributed by atoms with E-state index in [1.165, 1.54) is 11.1 Å². The van der Waals surface area contributed by atoms with Crippen molar-refractivity contribution < 1.29 is 4.74 Å². The van der Waals surface area contributed by atoms with Crippen LogP contribution in [0.5, 0.6) is 5.75 Å². The van der Waals surface area contributed by atoms with Gasteiger partial charge in [-0.2, -0.15) is 0 Å². The molecule has 2 nitrogen and oxygen atoms in total. The van der Waals surface area contributed by atoms with E-state index in [0.717, 1.165) is 16.9 Å². The quantitative estimate of drug-likeness (QED) is 0.830. The Balaban J connectivity index is 2.09. The van der Waals surface area contributed by atoms with Crippen LogP contribution in [0.25, 0.3) is 0 Å². The van der Waals surface area contributed by atoms with Crippen LogP contribution in [-0.2, 0) is 6.61 Å². The highest BCUT2D eigenvalue weighted by molar-refractivity contribution is 5.54. The highest BCUT2D eigenvalue weighted by Gasteiger charge is 2.02. The van der Waals surface area contributed by atoms with Crippen LogP contribution in [0.1, 0.15) is 22.3 Å². The van der Waals surface area contributed by atoms with Crippen molar-refractivity contribution in [2.75, 3.05) is 5.73 Å². The van der Waals surface area contributed by atoms with E-state index in [9.17, 15) is 0 Å². The molecule has 0 aliphatic rings. The lowest BCUT2D eigenvalue weighted by atomic mass is 10.1. The van der Waals surface area contributed by atoms with Gasteiger partial charge in [0.25, 0.3) is 0 Å². The molecule has 0 radical (unpaired) electrons. The van der Waals surface area contributed by atoms with Gasteiger partial charge in [0, 0.05) is 0 Å². The van der Waals surface area contributed by atoms with Crippen LogP contribution in [0.2, 0.25) is 0 Å². The van der Waals surface area contributed by atoms with Gasteiger partial charge in [-0.3, -0.25) is 0 Å². The third-order valence-electron chi connectivity index (χ3n) is 3.13. The second kappa shape index (κ2) is 5.13.